The van der Waals surface area contributed by atoms with Crippen molar-refractivity contribution in [2.45, 2.75) is 13.0 Å². The third kappa shape index (κ3) is 3.40. The molecule has 1 aliphatic heterocycles. The van der Waals surface area contributed by atoms with Gasteiger partial charge in [-0.2, -0.15) is 0 Å². The minimum atomic E-state index is -0.192. The van der Waals surface area contributed by atoms with Crippen molar-refractivity contribution >= 4 is 35.6 Å². The summed E-state index contributed by atoms with van der Waals surface area (Å²) in [6, 6.07) is 15.1. The Morgan fingerprint density at radius 1 is 1.18 bits per heavy atom. The summed E-state index contributed by atoms with van der Waals surface area (Å²) >= 11 is 0. The van der Waals surface area contributed by atoms with Crippen molar-refractivity contribution in [3.05, 3.63) is 65.5 Å². The van der Waals surface area contributed by atoms with E-state index in [-0.39, 0.29) is 29.8 Å². The largest absolute Gasteiger partial charge is 0.352 e. The Kier molecular flexibility index (Phi) is 5.76. The first-order chi connectivity index (χ1) is 10.3. The maximum atomic E-state index is 13.7. The zero-order valence-electron chi connectivity index (χ0n) is 12.4. The van der Waals surface area contributed by atoms with E-state index < -0.39 is 0 Å². The second-order valence-corrected chi connectivity index (χ2v) is 5.02. The third-order valence-electron chi connectivity index (χ3n) is 3.75. The molecule has 0 spiro atoms. The Morgan fingerprint density at radius 2 is 1.91 bits per heavy atom. The van der Waals surface area contributed by atoms with Crippen molar-refractivity contribution in [2.24, 2.45) is 4.99 Å². The molecule has 0 radical (unpaired) electrons. The van der Waals surface area contributed by atoms with Crippen molar-refractivity contribution in [1.29, 1.82) is 0 Å². The number of rotatable bonds is 2. The number of fused-ring (bicyclic) bond motifs is 1. The lowest BCUT2D eigenvalue weighted by Crippen LogP contribution is -2.40. The fraction of sp³-hybridized carbons (Fsp3) is 0.235. The van der Waals surface area contributed by atoms with Crippen molar-refractivity contribution in [3.8, 4) is 0 Å². The van der Waals surface area contributed by atoms with Gasteiger partial charge in [-0.15, -0.1) is 24.0 Å². The molecule has 0 atom stereocenters. The second kappa shape index (κ2) is 7.58. The van der Waals surface area contributed by atoms with Crippen LogP contribution in [0.3, 0.4) is 0 Å². The molecule has 1 heterocycles. The number of para-hydroxylation sites is 1. The normalized spacial score (nSPS) is 13.5. The predicted octanol–water partition coefficient (Wildman–Crippen LogP) is 3.58. The lowest BCUT2D eigenvalue weighted by molar-refractivity contribution is 0.605. The van der Waals surface area contributed by atoms with Crippen LogP contribution in [-0.4, -0.2) is 19.6 Å². The first kappa shape index (κ1) is 16.7. The first-order valence-electron chi connectivity index (χ1n) is 7.09. The van der Waals surface area contributed by atoms with Gasteiger partial charge in [0.15, 0.2) is 5.96 Å². The highest BCUT2D eigenvalue weighted by Crippen LogP contribution is 2.27. The van der Waals surface area contributed by atoms with Gasteiger partial charge in [0.1, 0.15) is 5.82 Å². The number of benzene rings is 2. The third-order valence-corrected chi connectivity index (χ3v) is 3.75. The molecule has 0 fully saturated rings. The van der Waals surface area contributed by atoms with Crippen LogP contribution in [-0.2, 0) is 13.0 Å². The van der Waals surface area contributed by atoms with E-state index in [9.17, 15) is 4.39 Å². The highest BCUT2D eigenvalue weighted by atomic mass is 127. The lowest BCUT2D eigenvalue weighted by Gasteiger charge is -2.22. The summed E-state index contributed by atoms with van der Waals surface area (Å²) in [6.07, 6.45) is 1.01. The van der Waals surface area contributed by atoms with Crippen molar-refractivity contribution in [1.82, 2.24) is 5.32 Å². The van der Waals surface area contributed by atoms with Crippen LogP contribution in [0.25, 0.3) is 0 Å². The summed E-state index contributed by atoms with van der Waals surface area (Å²) in [5.74, 6) is 0.588. The average molecular weight is 411 g/mol. The molecule has 1 aliphatic rings. The van der Waals surface area contributed by atoms with Gasteiger partial charge in [-0.05, 0) is 24.1 Å². The molecule has 0 saturated heterocycles. The minimum Gasteiger partial charge on any atom is -0.352 e. The molecular weight excluding hydrogens is 392 g/mol. The van der Waals surface area contributed by atoms with Gasteiger partial charge < -0.3 is 10.2 Å². The Balaban J connectivity index is 0.00000176. The number of halogens is 2. The quantitative estimate of drug-likeness (QED) is 0.465. The van der Waals surface area contributed by atoms with Gasteiger partial charge in [0.25, 0.3) is 0 Å². The first-order valence-corrected chi connectivity index (χ1v) is 7.09. The van der Waals surface area contributed by atoms with Gasteiger partial charge in [-0.1, -0.05) is 36.4 Å². The number of nitrogens with zero attached hydrogens (tertiary/aromatic N) is 2. The van der Waals surface area contributed by atoms with Crippen molar-refractivity contribution in [2.75, 3.05) is 18.5 Å². The number of hydrogen-bond acceptors (Lipinski definition) is 1. The summed E-state index contributed by atoms with van der Waals surface area (Å²) in [5, 5.41) is 3.25. The van der Waals surface area contributed by atoms with E-state index in [1.807, 2.05) is 12.1 Å². The van der Waals surface area contributed by atoms with E-state index in [1.54, 1.807) is 19.2 Å². The minimum absolute atomic E-state index is 0. The molecule has 1 N–H and O–H groups in total. The van der Waals surface area contributed by atoms with Crippen LogP contribution < -0.4 is 10.2 Å². The molecule has 2 aromatic carbocycles. The van der Waals surface area contributed by atoms with Crippen LogP contribution in [0.15, 0.2) is 53.5 Å². The lowest BCUT2D eigenvalue weighted by atomic mass is 10.2. The molecule has 0 saturated carbocycles. The van der Waals surface area contributed by atoms with Gasteiger partial charge in [-0.25, -0.2) is 4.39 Å². The van der Waals surface area contributed by atoms with Gasteiger partial charge in [-0.3, -0.25) is 4.99 Å². The topological polar surface area (TPSA) is 27.6 Å². The number of anilines is 1. The summed E-state index contributed by atoms with van der Waals surface area (Å²) in [5.41, 5.74) is 3.15. The van der Waals surface area contributed by atoms with Gasteiger partial charge in [0, 0.05) is 31.4 Å². The molecule has 3 rings (SSSR count). The van der Waals surface area contributed by atoms with Crippen LogP contribution in [0.1, 0.15) is 11.1 Å². The summed E-state index contributed by atoms with van der Waals surface area (Å²) in [4.78, 5) is 6.47. The molecule has 0 aliphatic carbocycles. The molecule has 0 amide bonds. The number of nitrogens with one attached hydrogen (secondary N) is 1. The molecule has 2 aromatic rings. The van der Waals surface area contributed by atoms with Gasteiger partial charge >= 0.3 is 0 Å². The number of aliphatic imine (C=N–C) groups is 1. The molecule has 0 bridgehead atoms. The second-order valence-electron chi connectivity index (χ2n) is 5.02. The standard InChI is InChI=1S/C17H18FN3.HI/c1-19-17(20-12-14-7-2-4-8-15(14)18)21-11-10-13-6-3-5-9-16(13)21;/h2-9H,10-12H2,1H3,(H,19,20);1H. The van der Waals surface area contributed by atoms with E-state index >= 15 is 0 Å². The maximum Gasteiger partial charge on any atom is 0.198 e. The Morgan fingerprint density at radius 3 is 2.68 bits per heavy atom. The zero-order valence-corrected chi connectivity index (χ0v) is 14.8. The summed E-state index contributed by atoms with van der Waals surface area (Å²) in [6.45, 7) is 1.33. The smallest absolute Gasteiger partial charge is 0.198 e. The molecule has 5 heteroatoms. The molecule has 0 aromatic heterocycles. The van der Waals surface area contributed by atoms with E-state index in [2.05, 4.69) is 33.4 Å². The Hall–Kier alpha value is -1.63. The van der Waals surface area contributed by atoms with Crippen molar-refractivity contribution < 1.29 is 4.39 Å². The maximum absolute atomic E-state index is 13.7. The van der Waals surface area contributed by atoms with Gasteiger partial charge in [0.05, 0.1) is 0 Å². The van der Waals surface area contributed by atoms with E-state index in [0.717, 1.165) is 18.9 Å². The Bertz CT molecular complexity index is 672. The van der Waals surface area contributed by atoms with E-state index in [1.165, 1.54) is 17.3 Å². The molecule has 0 unspecified atom stereocenters. The zero-order chi connectivity index (χ0) is 14.7. The van der Waals surface area contributed by atoms with Crippen LogP contribution in [0, 0.1) is 5.82 Å². The molecule has 22 heavy (non-hydrogen) atoms. The van der Waals surface area contributed by atoms with E-state index in [0.29, 0.717) is 12.1 Å². The number of guanidine groups is 1. The molecular formula is C17H19FIN3. The highest BCUT2D eigenvalue weighted by molar-refractivity contribution is 14.0. The van der Waals surface area contributed by atoms with E-state index in [4.69, 9.17) is 0 Å². The average Bonchev–Trinajstić information content (AvgIpc) is 2.94. The highest BCUT2D eigenvalue weighted by Gasteiger charge is 2.22. The van der Waals surface area contributed by atoms with Gasteiger partial charge in [0.2, 0.25) is 0 Å². The monoisotopic (exact) mass is 411 g/mol. The molecule has 116 valence electrons. The fourth-order valence-electron chi connectivity index (χ4n) is 2.67. The SMILES string of the molecule is CN=C(NCc1ccccc1F)N1CCc2ccccc21.I. The summed E-state index contributed by atoms with van der Waals surface area (Å²) in [7, 11) is 1.75. The van der Waals surface area contributed by atoms with Crippen molar-refractivity contribution in [3.63, 3.8) is 0 Å². The van der Waals surface area contributed by atoms with Crippen LogP contribution in [0.2, 0.25) is 0 Å². The van der Waals surface area contributed by atoms with Crippen LogP contribution >= 0.6 is 24.0 Å². The van der Waals surface area contributed by atoms with Crippen LogP contribution in [0.4, 0.5) is 10.1 Å². The molecule has 3 nitrogen and oxygen atoms in total. The Labute approximate surface area is 147 Å². The predicted molar refractivity (Wildman–Crippen MR) is 99.5 cm³/mol. The van der Waals surface area contributed by atoms with Crippen LogP contribution in [0.5, 0.6) is 0 Å². The number of hydrogen-bond donors (Lipinski definition) is 1. The fourth-order valence-corrected chi connectivity index (χ4v) is 2.67. The summed E-state index contributed by atoms with van der Waals surface area (Å²) < 4.78 is 13.7.